The molecule has 0 aromatic rings. The molecule has 1 saturated heterocycles. The summed E-state index contributed by atoms with van der Waals surface area (Å²) in [5.41, 5.74) is 0. The smallest absolute Gasteiger partial charge is 0.237 e. The van der Waals surface area contributed by atoms with Crippen LogP contribution in [0, 0.1) is 0 Å². The zero-order chi connectivity index (χ0) is 9.68. The first kappa shape index (κ1) is 10.1. The molecule has 1 heterocycles. The van der Waals surface area contributed by atoms with E-state index in [-0.39, 0.29) is 11.9 Å². The van der Waals surface area contributed by atoms with Gasteiger partial charge in [-0.1, -0.05) is 0 Å². The van der Waals surface area contributed by atoms with Crippen LogP contribution < -0.4 is 10.6 Å². The number of nitrogens with one attached hydrogen (secondary N) is 2. The zero-order valence-corrected chi connectivity index (χ0v) is 7.75. The van der Waals surface area contributed by atoms with Crippen molar-refractivity contribution in [3.05, 3.63) is 0 Å². The highest BCUT2D eigenvalue weighted by Gasteiger charge is 2.24. The fraction of sp³-hybridized carbons (Fsp3) is 0.750. The second-order valence-electron chi connectivity index (χ2n) is 3.03. The lowest BCUT2D eigenvalue weighted by Gasteiger charge is -2.32. The van der Waals surface area contributed by atoms with Crippen LogP contribution in [0.15, 0.2) is 0 Å². The Kier molecular flexibility index (Phi) is 3.85. The molecule has 5 nitrogen and oxygen atoms in total. The van der Waals surface area contributed by atoms with Crippen molar-refractivity contribution in [2.75, 3.05) is 33.2 Å². The number of rotatable bonds is 3. The summed E-state index contributed by atoms with van der Waals surface area (Å²) in [7, 11) is 1.72. The second kappa shape index (κ2) is 4.94. The topological polar surface area (TPSA) is 61.4 Å². The van der Waals surface area contributed by atoms with Gasteiger partial charge in [-0.3, -0.25) is 4.79 Å². The number of hydrogen-bond donors (Lipinski definition) is 2. The van der Waals surface area contributed by atoms with Crippen LogP contribution in [-0.2, 0) is 9.59 Å². The molecule has 5 heteroatoms. The van der Waals surface area contributed by atoms with Crippen LogP contribution in [0.3, 0.4) is 0 Å². The van der Waals surface area contributed by atoms with Crippen LogP contribution >= 0.6 is 0 Å². The first-order valence-electron chi connectivity index (χ1n) is 4.39. The van der Waals surface area contributed by atoms with Crippen LogP contribution in [-0.4, -0.2) is 56.4 Å². The zero-order valence-electron chi connectivity index (χ0n) is 7.75. The summed E-state index contributed by atoms with van der Waals surface area (Å²) in [5.74, 6) is -0.0129. The highest BCUT2D eigenvalue weighted by molar-refractivity contribution is 5.81. The first-order valence-corrected chi connectivity index (χ1v) is 4.39. The molecular weight excluding hydrogens is 170 g/mol. The molecule has 0 aliphatic carbocycles. The Bertz CT molecular complexity index is 196. The predicted octanol–water partition coefficient (Wildman–Crippen LogP) is -1.79. The minimum atomic E-state index is -0.297. The van der Waals surface area contributed by atoms with Gasteiger partial charge in [0, 0.05) is 19.6 Å². The van der Waals surface area contributed by atoms with Gasteiger partial charge in [0.05, 0.1) is 12.6 Å². The van der Waals surface area contributed by atoms with Crippen molar-refractivity contribution >= 4 is 12.2 Å². The van der Waals surface area contributed by atoms with E-state index in [0.29, 0.717) is 19.6 Å². The monoisotopic (exact) mass is 185 g/mol. The number of likely N-dealkylation sites (N-methyl/N-ethyl adjacent to an activating group) is 1. The molecule has 2 N–H and O–H groups in total. The quantitative estimate of drug-likeness (QED) is 0.510. The molecule has 13 heavy (non-hydrogen) atoms. The van der Waals surface area contributed by atoms with Gasteiger partial charge in [0.15, 0.2) is 0 Å². The van der Waals surface area contributed by atoms with Crippen LogP contribution in [0.5, 0.6) is 0 Å². The van der Waals surface area contributed by atoms with E-state index < -0.39 is 0 Å². The highest BCUT2D eigenvalue weighted by atomic mass is 16.2. The lowest BCUT2D eigenvalue weighted by molar-refractivity contribution is -0.136. The molecule has 1 unspecified atom stereocenters. The number of aldehydes is 1. The molecule has 0 spiro atoms. The Morgan fingerprint density at radius 3 is 3.15 bits per heavy atom. The Hall–Kier alpha value is -0.940. The Balaban J connectivity index is 2.53. The van der Waals surface area contributed by atoms with Crippen LogP contribution in [0.1, 0.15) is 0 Å². The molecule has 1 aliphatic rings. The lowest BCUT2D eigenvalue weighted by Crippen LogP contribution is -2.55. The normalized spacial score (nSPS) is 22.8. The average molecular weight is 185 g/mol. The third-order valence-electron chi connectivity index (χ3n) is 2.09. The molecule has 0 aromatic carbocycles. The molecule has 1 fully saturated rings. The number of carbonyl (C=O) groups is 2. The van der Waals surface area contributed by atoms with E-state index in [1.165, 1.54) is 0 Å². The third kappa shape index (κ3) is 2.50. The summed E-state index contributed by atoms with van der Waals surface area (Å²) < 4.78 is 0. The Morgan fingerprint density at radius 1 is 1.77 bits per heavy atom. The number of hydrogen-bond acceptors (Lipinski definition) is 4. The summed E-state index contributed by atoms with van der Waals surface area (Å²) in [5, 5.41) is 5.85. The van der Waals surface area contributed by atoms with Crippen molar-refractivity contribution in [3.8, 4) is 0 Å². The van der Waals surface area contributed by atoms with Crippen molar-refractivity contribution in [2.45, 2.75) is 6.04 Å². The molecule has 1 atom stereocenters. The lowest BCUT2D eigenvalue weighted by atomic mass is 10.2. The summed E-state index contributed by atoms with van der Waals surface area (Å²) in [6, 6.07) is -0.297. The van der Waals surface area contributed by atoms with E-state index in [1.54, 1.807) is 11.9 Å². The number of amides is 1. The number of piperazine rings is 1. The average Bonchev–Trinajstić information content (AvgIpc) is 2.18. The summed E-state index contributed by atoms with van der Waals surface area (Å²) in [6.07, 6.45) is 0.819. The van der Waals surface area contributed by atoms with Gasteiger partial charge in [-0.2, -0.15) is 0 Å². The van der Waals surface area contributed by atoms with E-state index in [9.17, 15) is 9.59 Å². The molecular formula is C8H15N3O2. The van der Waals surface area contributed by atoms with Gasteiger partial charge < -0.3 is 20.3 Å². The summed E-state index contributed by atoms with van der Waals surface area (Å²) in [4.78, 5) is 23.7. The van der Waals surface area contributed by atoms with E-state index in [2.05, 4.69) is 10.6 Å². The van der Waals surface area contributed by atoms with Gasteiger partial charge in [0.25, 0.3) is 0 Å². The van der Waals surface area contributed by atoms with Crippen LogP contribution in [0.25, 0.3) is 0 Å². The molecule has 1 aliphatic heterocycles. The van der Waals surface area contributed by atoms with Gasteiger partial charge in [-0.05, 0) is 7.05 Å². The number of nitrogens with zero attached hydrogens (tertiary/aromatic N) is 1. The SMILES string of the molecule is CNCC(=O)N1CCNCC1C=O. The van der Waals surface area contributed by atoms with E-state index >= 15 is 0 Å². The van der Waals surface area contributed by atoms with Crippen molar-refractivity contribution in [1.29, 1.82) is 0 Å². The van der Waals surface area contributed by atoms with Gasteiger partial charge in [0.1, 0.15) is 6.29 Å². The van der Waals surface area contributed by atoms with E-state index in [0.717, 1.165) is 12.8 Å². The number of carbonyl (C=O) groups excluding carboxylic acids is 2. The molecule has 1 rings (SSSR count). The predicted molar refractivity (Wildman–Crippen MR) is 48.4 cm³/mol. The molecule has 0 bridgehead atoms. The maximum atomic E-state index is 11.4. The second-order valence-corrected chi connectivity index (χ2v) is 3.03. The fourth-order valence-corrected chi connectivity index (χ4v) is 1.41. The van der Waals surface area contributed by atoms with Crippen molar-refractivity contribution in [1.82, 2.24) is 15.5 Å². The first-order chi connectivity index (χ1) is 6.29. The van der Waals surface area contributed by atoms with Crippen molar-refractivity contribution in [3.63, 3.8) is 0 Å². The Morgan fingerprint density at radius 2 is 2.54 bits per heavy atom. The molecule has 74 valence electrons. The minimum absolute atomic E-state index is 0.0129. The Labute approximate surface area is 77.5 Å². The van der Waals surface area contributed by atoms with Crippen LogP contribution in [0.2, 0.25) is 0 Å². The minimum Gasteiger partial charge on any atom is -0.329 e. The molecule has 0 radical (unpaired) electrons. The fourth-order valence-electron chi connectivity index (χ4n) is 1.41. The molecule has 1 amide bonds. The van der Waals surface area contributed by atoms with Crippen molar-refractivity contribution in [2.24, 2.45) is 0 Å². The molecule has 0 saturated carbocycles. The van der Waals surface area contributed by atoms with Gasteiger partial charge in [-0.25, -0.2) is 0 Å². The standard InChI is InChI=1S/C8H15N3O2/c1-9-5-8(13)11-3-2-10-4-7(11)6-12/h6-7,9-10H,2-5H2,1H3. The summed E-state index contributed by atoms with van der Waals surface area (Å²) in [6.45, 7) is 2.24. The van der Waals surface area contributed by atoms with Gasteiger partial charge in [0.2, 0.25) is 5.91 Å². The van der Waals surface area contributed by atoms with E-state index in [1.807, 2.05) is 0 Å². The third-order valence-corrected chi connectivity index (χ3v) is 2.09. The van der Waals surface area contributed by atoms with Crippen LogP contribution in [0.4, 0.5) is 0 Å². The van der Waals surface area contributed by atoms with Gasteiger partial charge >= 0.3 is 0 Å². The van der Waals surface area contributed by atoms with E-state index in [4.69, 9.17) is 0 Å². The maximum Gasteiger partial charge on any atom is 0.237 e. The molecule has 0 aromatic heterocycles. The maximum absolute atomic E-state index is 11.4. The van der Waals surface area contributed by atoms with Crippen molar-refractivity contribution < 1.29 is 9.59 Å². The highest BCUT2D eigenvalue weighted by Crippen LogP contribution is 2.00. The largest absolute Gasteiger partial charge is 0.329 e. The van der Waals surface area contributed by atoms with Gasteiger partial charge in [-0.15, -0.1) is 0 Å². The summed E-state index contributed by atoms with van der Waals surface area (Å²) >= 11 is 0.